The first kappa shape index (κ1) is 18.7. The van der Waals surface area contributed by atoms with Gasteiger partial charge in [0.1, 0.15) is 11.4 Å². The van der Waals surface area contributed by atoms with Crippen LogP contribution < -0.4 is 10.1 Å². The highest BCUT2D eigenvalue weighted by Crippen LogP contribution is 2.13. The van der Waals surface area contributed by atoms with Crippen molar-refractivity contribution in [3.63, 3.8) is 0 Å². The van der Waals surface area contributed by atoms with Crippen LogP contribution in [0.5, 0.6) is 5.75 Å². The van der Waals surface area contributed by atoms with E-state index < -0.39 is 0 Å². The Balaban J connectivity index is 1.83. The van der Waals surface area contributed by atoms with Gasteiger partial charge in [0.25, 0.3) is 11.8 Å². The fourth-order valence-corrected chi connectivity index (χ4v) is 2.74. The van der Waals surface area contributed by atoms with Gasteiger partial charge in [-0.15, -0.1) is 0 Å². The summed E-state index contributed by atoms with van der Waals surface area (Å²) in [5.41, 5.74) is 1.53. The molecule has 0 saturated carbocycles. The Hall–Kier alpha value is -3.12. The molecule has 2 aromatic rings. The molecule has 140 valence electrons. The zero-order valence-electron chi connectivity index (χ0n) is 15.2. The molecular weight excluding hydrogens is 344 g/mol. The summed E-state index contributed by atoms with van der Waals surface area (Å²) in [6, 6.07) is 16.2. The Morgan fingerprint density at radius 1 is 1.04 bits per heavy atom. The minimum Gasteiger partial charge on any atom is -0.497 e. The van der Waals surface area contributed by atoms with Crippen molar-refractivity contribution in [1.29, 1.82) is 0 Å². The average molecular weight is 366 g/mol. The lowest BCUT2D eigenvalue weighted by Gasteiger charge is -2.27. The van der Waals surface area contributed by atoms with E-state index in [0.29, 0.717) is 37.6 Å². The van der Waals surface area contributed by atoms with E-state index in [2.05, 4.69) is 5.32 Å². The van der Waals surface area contributed by atoms with Gasteiger partial charge < -0.3 is 19.7 Å². The SMILES string of the molecule is COc1ccc(C(=O)N/C(=C/c2ccccc2)C(=O)N2CCOCC2)cc1. The summed E-state index contributed by atoms with van der Waals surface area (Å²) in [5.74, 6) is 0.0986. The van der Waals surface area contributed by atoms with E-state index in [1.54, 1.807) is 42.4 Å². The molecule has 0 unspecified atom stereocenters. The van der Waals surface area contributed by atoms with Gasteiger partial charge in [0.15, 0.2) is 0 Å². The molecule has 6 heteroatoms. The second-order valence-electron chi connectivity index (χ2n) is 6.06. The highest BCUT2D eigenvalue weighted by molar-refractivity contribution is 6.05. The summed E-state index contributed by atoms with van der Waals surface area (Å²) < 4.78 is 10.4. The first-order valence-corrected chi connectivity index (χ1v) is 8.76. The predicted octanol–water partition coefficient (Wildman–Crippen LogP) is 2.32. The van der Waals surface area contributed by atoms with Gasteiger partial charge in [-0.25, -0.2) is 0 Å². The Morgan fingerprint density at radius 2 is 1.70 bits per heavy atom. The van der Waals surface area contributed by atoms with Crippen LogP contribution in [0, 0.1) is 0 Å². The molecule has 0 bridgehead atoms. The smallest absolute Gasteiger partial charge is 0.270 e. The van der Waals surface area contributed by atoms with Gasteiger partial charge in [-0.2, -0.15) is 0 Å². The van der Waals surface area contributed by atoms with Crippen molar-refractivity contribution in [2.24, 2.45) is 0 Å². The molecule has 3 rings (SSSR count). The van der Waals surface area contributed by atoms with E-state index in [9.17, 15) is 9.59 Å². The molecule has 6 nitrogen and oxygen atoms in total. The molecule has 0 atom stereocenters. The molecule has 1 aliphatic heterocycles. The van der Waals surface area contributed by atoms with E-state index >= 15 is 0 Å². The molecule has 0 aromatic heterocycles. The third-order valence-corrected chi connectivity index (χ3v) is 4.24. The molecule has 1 N–H and O–H groups in total. The van der Waals surface area contributed by atoms with Crippen LogP contribution >= 0.6 is 0 Å². The summed E-state index contributed by atoms with van der Waals surface area (Å²) in [7, 11) is 1.57. The fourth-order valence-electron chi connectivity index (χ4n) is 2.74. The third kappa shape index (κ3) is 4.95. The fraction of sp³-hybridized carbons (Fsp3) is 0.238. The lowest BCUT2D eigenvalue weighted by Crippen LogP contribution is -2.44. The van der Waals surface area contributed by atoms with Crippen LogP contribution in [0.3, 0.4) is 0 Å². The van der Waals surface area contributed by atoms with Crippen molar-refractivity contribution in [2.75, 3.05) is 33.4 Å². The van der Waals surface area contributed by atoms with E-state index in [1.165, 1.54) is 0 Å². The highest BCUT2D eigenvalue weighted by Gasteiger charge is 2.22. The van der Waals surface area contributed by atoms with Gasteiger partial charge in [-0.3, -0.25) is 9.59 Å². The summed E-state index contributed by atoms with van der Waals surface area (Å²) in [5, 5.41) is 2.77. The zero-order valence-corrected chi connectivity index (χ0v) is 15.2. The van der Waals surface area contributed by atoms with Gasteiger partial charge in [-0.1, -0.05) is 30.3 Å². The van der Waals surface area contributed by atoms with Gasteiger partial charge >= 0.3 is 0 Å². The van der Waals surface area contributed by atoms with Crippen LogP contribution in [-0.2, 0) is 9.53 Å². The van der Waals surface area contributed by atoms with Crippen LogP contribution in [0.2, 0.25) is 0 Å². The monoisotopic (exact) mass is 366 g/mol. The van der Waals surface area contributed by atoms with E-state index in [4.69, 9.17) is 9.47 Å². The van der Waals surface area contributed by atoms with Crippen molar-refractivity contribution in [3.8, 4) is 5.75 Å². The maximum atomic E-state index is 12.9. The molecule has 0 radical (unpaired) electrons. The van der Waals surface area contributed by atoms with Crippen LogP contribution in [0.15, 0.2) is 60.3 Å². The average Bonchev–Trinajstić information content (AvgIpc) is 2.74. The van der Waals surface area contributed by atoms with Gasteiger partial charge in [0.05, 0.1) is 20.3 Å². The zero-order chi connectivity index (χ0) is 19.1. The number of ether oxygens (including phenoxy) is 2. The number of hydrogen-bond donors (Lipinski definition) is 1. The van der Waals surface area contributed by atoms with Crippen molar-refractivity contribution >= 4 is 17.9 Å². The second-order valence-corrected chi connectivity index (χ2v) is 6.06. The summed E-state index contributed by atoms with van der Waals surface area (Å²) in [6.07, 6.45) is 1.69. The Kier molecular flexibility index (Phi) is 6.22. The lowest BCUT2D eigenvalue weighted by atomic mass is 10.1. The quantitative estimate of drug-likeness (QED) is 0.825. The molecule has 0 spiro atoms. The van der Waals surface area contributed by atoms with Crippen LogP contribution in [0.4, 0.5) is 0 Å². The molecule has 0 aliphatic carbocycles. The summed E-state index contributed by atoms with van der Waals surface area (Å²) >= 11 is 0. The Morgan fingerprint density at radius 3 is 2.33 bits per heavy atom. The third-order valence-electron chi connectivity index (χ3n) is 4.24. The number of hydrogen-bond acceptors (Lipinski definition) is 4. The predicted molar refractivity (Wildman–Crippen MR) is 102 cm³/mol. The molecule has 1 heterocycles. The Labute approximate surface area is 158 Å². The highest BCUT2D eigenvalue weighted by atomic mass is 16.5. The van der Waals surface area contributed by atoms with E-state index in [-0.39, 0.29) is 17.5 Å². The van der Waals surface area contributed by atoms with Crippen molar-refractivity contribution in [2.45, 2.75) is 0 Å². The van der Waals surface area contributed by atoms with Crippen LogP contribution in [0.1, 0.15) is 15.9 Å². The first-order chi connectivity index (χ1) is 13.2. The second kappa shape index (κ2) is 9.00. The summed E-state index contributed by atoms with van der Waals surface area (Å²) in [4.78, 5) is 27.3. The minimum atomic E-state index is -0.346. The maximum Gasteiger partial charge on any atom is 0.270 e. The normalized spacial score (nSPS) is 14.6. The van der Waals surface area contributed by atoms with Crippen molar-refractivity contribution in [3.05, 3.63) is 71.4 Å². The molecule has 1 saturated heterocycles. The van der Waals surface area contributed by atoms with E-state index in [1.807, 2.05) is 30.3 Å². The molecular formula is C21H22N2O4. The largest absolute Gasteiger partial charge is 0.497 e. The number of morpholine rings is 1. The molecule has 2 amide bonds. The topological polar surface area (TPSA) is 67.9 Å². The van der Waals surface area contributed by atoms with Crippen LogP contribution in [0.25, 0.3) is 6.08 Å². The molecule has 1 fully saturated rings. The number of carbonyl (C=O) groups is 2. The van der Waals surface area contributed by atoms with Crippen molar-refractivity contribution < 1.29 is 19.1 Å². The molecule has 27 heavy (non-hydrogen) atoms. The standard InChI is InChI=1S/C21H22N2O4/c1-26-18-9-7-17(8-10-18)20(24)22-19(15-16-5-3-2-4-6-16)21(25)23-11-13-27-14-12-23/h2-10,15H,11-14H2,1H3,(H,22,24)/b19-15+. The number of benzene rings is 2. The number of methoxy groups -OCH3 is 1. The number of nitrogens with one attached hydrogen (secondary N) is 1. The van der Waals surface area contributed by atoms with E-state index in [0.717, 1.165) is 5.56 Å². The number of carbonyl (C=O) groups excluding carboxylic acids is 2. The Bertz CT molecular complexity index is 810. The molecule has 2 aromatic carbocycles. The minimum absolute atomic E-state index is 0.219. The molecule has 1 aliphatic rings. The van der Waals surface area contributed by atoms with Crippen LogP contribution in [-0.4, -0.2) is 50.1 Å². The van der Waals surface area contributed by atoms with Gasteiger partial charge in [0, 0.05) is 18.7 Å². The maximum absolute atomic E-state index is 12.9. The van der Waals surface area contributed by atoms with Gasteiger partial charge in [0.2, 0.25) is 0 Å². The first-order valence-electron chi connectivity index (χ1n) is 8.76. The lowest BCUT2D eigenvalue weighted by molar-refractivity contribution is -0.131. The summed E-state index contributed by atoms with van der Waals surface area (Å²) in [6.45, 7) is 2.00. The van der Waals surface area contributed by atoms with Gasteiger partial charge in [-0.05, 0) is 35.9 Å². The number of nitrogens with zero attached hydrogens (tertiary/aromatic N) is 1. The van der Waals surface area contributed by atoms with Crippen molar-refractivity contribution in [1.82, 2.24) is 10.2 Å². The number of amides is 2. The number of rotatable bonds is 5.